The normalized spacial score (nSPS) is 10.6. The van der Waals surface area contributed by atoms with E-state index in [2.05, 4.69) is 22.4 Å². The predicted octanol–water partition coefficient (Wildman–Crippen LogP) is 2.32. The van der Waals surface area contributed by atoms with Crippen molar-refractivity contribution in [3.8, 4) is 0 Å². The van der Waals surface area contributed by atoms with Gasteiger partial charge in [-0.1, -0.05) is 23.8 Å². The van der Waals surface area contributed by atoms with Crippen LogP contribution in [0.25, 0.3) is 0 Å². The highest BCUT2D eigenvalue weighted by atomic mass is 32.2. The summed E-state index contributed by atoms with van der Waals surface area (Å²) in [6.07, 6.45) is 4.70. The first-order valence-electron chi connectivity index (χ1n) is 6.06. The minimum Gasteiger partial charge on any atom is -0.360 e. The molecule has 0 aliphatic rings. The number of amides is 1. The monoisotopic (exact) mass is 280 g/mol. The summed E-state index contributed by atoms with van der Waals surface area (Å²) in [5.41, 5.74) is 0. The quantitative estimate of drug-likeness (QED) is 0.822. The molecule has 2 rings (SSSR count). The van der Waals surface area contributed by atoms with E-state index in [1.165, 1.54) is 11.8 Å². The van der Waals surface area contributed by atoms with E-state index in [4.69, 9.17) is 4.52 Å². The summed E-state index contributed by atoms with van der Waals surface area (Å²) in [6.45, 7) is 4.79. The zero-order valence-electron chi connectivity index (χ0n) is 10.9. The zero-order chi connectivity index (χ0) is 13.7. The van der Waals surface area contributed by atoms with Crippen LogP contribution in [0.3, 0.4) is 0 Å². The molecule has 0 unspecified atom stereocenters. The van der Waals surface area contributed by atoms with Crippen LogP contribution in [0.4, 0.5) is 5.82 Å². The molecule has 0 atom stereocenters. The molecule has 1 N–H and O–H groups in total. The number of aromatic nitrogens is 3. The number of imidazole rings is 1. The zero-order valence-corrected chi connectivity index (χ0v) is 11.7. The van der Waals surface area contributed by atoms with Crippen LogP contribution in [0, 0.1) is 6.92 Å². The second-order valence-electron chi connectivity index (χ2n) is 4.06. The van der Waals surface area contributed by atoms with E-state index in [1.807, 2.05) is 10.8 Å². The molecule has 0 radical (unpaired) electrons. The van der Waals surface area contributed by atoms with Gasteiger partial charge in [0.2, 0.25) is 5.91 Å². The molecule has 0 saturated carbocycles. The summed E-state index contributed by atoms with van der Waals surface area (Å²) in [6, 6.07) is 1.68. The standard InChI is InChI=1S/C12H16N4O2S/c1-3-5-16-6-4-13-12(16)19-8-11(17)14-10-7-9(2)18-15-10/h4,6-7H,3,5,8H2,1-2H3,(H,14,15,17). The molecule has 102 valence electrons. The lowest BCUT2D eigenvalue weighted by Crippen LogP contribution is -2.14. The van der Waals surface area contributed by atoms with Crippen LogP contribution < -0.4 is 5.32 Å². The molecule has 0 fully saturated rings. The number of thioether (sulfide) groups is 1. The molecule has 0 bridgehead atoms. The lowest BCUT2D eigenvalue weighted by molar-refractivity contribution is -0.113. The van der Waals surface area contributed by atoms with E-state index in [1.54, 1.807) is 19.2 Å². The molecule has 1 amide bonds. The molecular formula is C12H16N4O2S. The van der Waals surface area contributed by atoms with E-state index in [0.29, 0.717) is 17.3 Å². The molecule has 6 nitrogen and oxygen atoms in total. The van der Waals surface area contributed by atoms with E-state index < -0.39 is 0 Å². The summed E-state index contributed by atoms with van der Waals surface area (Å²) in [7, 11) is 0. The summed E-state index contributed by atoms with van der Waals surface area (Å²) in [5, 5.41) is 7.24. The highest BCUT2D eigenvalue weighted by Gasteiger charge is 2.09. The molecule has 7 heteroatoms. The summed E-state index contributed by atoms with van der Waals surface area (Å²) in [5.74, 6) is 1.29. The fourth-order valence-corrected chi connectivity index (χ4v) is 2.37. The average molecular weight is 280 g/mol. The summed E-state index contributed by atoms with van der Waals surface area (Å²) >= 11 is 1.41. The molecular weight excluding hydrogens is 264 g/mol. The third kappa shape index (κ3) is 3.85. The fourth-order valence-electron chi connectivity index (χ4n) is 1.58. The molecule has 0 aliphatic heterocycles. The molecule has 0 saturated heterocycles. The maximum Gasteiger partial charge on any atom is 0.236 e. The first kappa shape index (κ1) is 13.7. The van der Waals surface area contributed by atoms with Crippen molar-refractivity contribution >= 4 is 23.5 Å². The Morgan fingerprint density at radius 2 is 2.42 bits per heavy atom. The minimum atomic E-state index is -0.121. The van der Waals surface area contributed by atoms with Gasteiger partial charge in [0.15, 0.2) is 11.0 Å². The SMILES string of the molecule is CCCn1ccnc1SCC(=O)Nc1cc(C)on1. The second-order valence-corrected chi connectivity index (χ2v) is 5.01. The third-order valence-electron chi connectivity index (χ3n) is 2.37. The number of carbonyl (C=O) groups is 1. The molecule has 0 spiro atoms. The van der Waals surface area contributed by atoms with E-state index in [9.17, 15) is 4.79 Å². The van der Waals surface area contributed by atoms with Crippen LogP contribution in [0.1, 0.15) is 19.1 Å². The Hall–Kier alpha value is -1.76. The Bertz CT molecular complexity index is 549. The number of carbonyl (C=O) groups excluding carboxylic acids is 1. The first-order chi connectivity index (χ1) is 9.19. The van der Waals surface area contributed by atoms with Crippen LogP contribution in [0.15, 0.2) is 28.1 Å². The van der Waals surface area contributed by atoms with Gasteiger partial charge < -0.3 is 14.4 Å². The van der Waals surface area contributed by atoms with Crippen molar-refractivity contribution in [3.63, 3.8) is 0 Å². The van der Waals surface area contributed by atoms with Gasteiger partial charge in [-0.3, -0.25) is 4.79 Å². The Labute approximate surface area is 115 Å². The number of nitrogens with one attached hydrogen (secondary N) is 1. The van der Waals surface area contributed by atoms with Crippen molar-refractivity contribution in [1.29, 1.82) is 0 Å². The van der Waals surface area contributed by atoms with Gasteiger partial charge in [-0.15, -0.1) is 0 Å². The molecule has 0 aromatic carbocycles. The van der Waals surface area contributed by atoms with Gasteiger partial charge in [0.1, 0.15) is 5.76 Å². The van der Waals surface area contributed by atoms with E-state index in [0.717, 1.165) is 18.1 Å². The topological polar surface area (TPSA) is 73.0 Å². The van der Waals surface area contributed by atoms with Crippen LogP contribution in [-0.2, 0) is 11.3 Å². The highest BCUT2D eigenvalue weighted by Crippen LogP contribution is 2.16. The largest absolute Gasteiger partial charge is 0.360 e. The van der Waals surface area contributed by atoms with Crippen LogP contribution >= 0.6 is 11.8 Å². The van der Waals surface area contributed by atoms with Crippen molar-refractivity contribution < 1.29 is 9.32 Å². The van der Waals surface area contributed by atoms with Crippen molar-refractivity contribution in [2.45, 2.75) is 32.0 Å². The molecule has 0 aliphatic carbocycles. The highest BCUT2D eigenvalue weighted by molar-refractivity contribution is 7.99. The van der Waals surface area contributed by atoms with Gasteiger partial charge in [-0.25, -0.2) is 4.98 Å². The van der Waals surface area contributed by atoms with E-state index in [-0.39, 0.29) is 5.91 Å². The summed E-state index contributed by atoms with van der Waals surface area (Å²) in [4.78, 5) is 16.0. The number of rotatable bonds is 6. The molecule has 19 heavy (non-hydrogen) atoms. The van der Waals surface area contributed by atoms with Gasteiger partial charge in [0.25, 0.3) is 0 Å². The fraction of sp³-hybridized carbons (Fsp3) is 0.417. The van der Waals surface area contributed by atoms with Crippen molar-refractivity contribution in [1.82, 2.24) is 14.7 Å². The second kappa shape index (κ2) is 6.42. The number of nitrogens with zero attached hydrogens (tertiary/aromatic N) is 3. The number of hydrogen-bond donors (Lipinski definition) is 1. The minimum absolute atomic E-state index is 0.121. The Balaban J connectivity index is 1.84. The number of aryl methyl sites for hydroxylation is 2. The van der Waals surface area contributed by atoms with Gasteiger partial charge in [0.05, 0.1) is 5.75 Å². The van der Waals surface area contributed by atoms with Crippen LogP contribution in [0.5, 0.6) is 0 Å². The van der Waals surface area contributed by atoms with Gasteiger partial charge >= 0.3 is 0 Å². The third-order valence-corrected chi connectivity index (χ3v) is 3.37. The summed E-state index contributed by atoms with van der Waals surface area (Å²) < 4.78 is 6.92. The first-order valence-corrected chi connectivity index (χ1v) is 7.04. The lowest BCUT2D eigenvalue weighted by Gasteiger charge is -2.05. The predicted molar refractivity (Wildman–Crippen MR) is 73.1 cm³/mol. The van der Waals surface area contributed by atoms with Gasteiger partial charge in [0, 0.05) is 25.0 Å². The average Bonchev–Trinajstić information content (AvgIpc) is 2.97. The smallest absolute Gasteiger partial charge is 0.236 e. The van der Waals surface area contributed by atoms with E-state index >= 15 is 0 Å². The lowest BCUT2D eigenvalue weighted by atomic mass is 10.5. The number of hydrogen-bond acceptors (Lipinski definition) is 5. The Morgan fingerprint density at radius 3 is 3.11 bits per heavy atom. The van der Waals surface area contributed by atoms with Crippen molar-refractivity contribution in [2.24, 2.45) is 0 Å². The van der Waals surface area contributed by atoms with Gasteiger partial charge in [-0.05, 0) is 13.3 Å². The Morgan fingerprint density at radius 1 is 1.58 bits per heavy atom. The van der Waals surface area contributed by atoms with Crippen molar-refractivity contribution in [3.05, 3.63) is 24.2 Å². The van der Waals surface area contributed by atoms with Crippen molar-refractivity contribution in [2.75, 3.05) is 11.1 Å². The molecule has 2 aromatic rings. The molecule has 2 heterocycles. The maximum absolute atomic E-state index is 11.7. The van der Waals surface area contributed by atoms with Crippen LogP contribution in [0.2, 0.25) is 0 Å². The molecule has 2 aromatic heterocycles. The maximum atomic E-state index is 11.7. The van der Waals surface area contributed by atoms with Crippen LogP contribution in [-0.4, -0.2) is 26.4 Å². The number of anilines is 1. The van der Waals surface area contributed by atoms with Gasteiger partial charge in [-0.2, -0.15) is 0 Å². The Kier molecular flexibility index (Phi) is 4.62.